The Kier molecular flexibility index (Phi) is 7.78. The molecule has 57 heavy (non-hydrogen) atoms. The van der Waals surface area contributed by atoms with Gasteiger partial charge in [-0.25, -0.2) is 15.0 Å². The summed E-state index contributed by atoms with van der Waals surface area (Å²) in [6, 6.07) is 69.9. The summed E-state index contributed by atoms with van der Waals surface area (Å²) in [4.78, 5) is 15.3. The SMILES string of the molecule is c1ccc(-c2nc(-c3ccc4c(c3)oc3cccc(-c5ccc(-c6cccc7ccccc67)cc5)c34)nc(-c3cccc4c(-c5ccccc5)cccc34)n2)cc1. The molecular weight excluding hydrogens is 695 g/mol. The topological polar surface area (TPSA) is 51.8 Å². The first-order valence-electron chi connectivity index (χ1n) is 19.2. The van der Waals surface area contributed by atoms with Crippen LogP contribution in [0.5, 0.6) is 0 Å². The fraction of sp³-hybridized carbons (Fsp3) is 0. The zero-order chi connectivity index (χ0) is 37.7. The molecule has 0 amide bonds. The molecule has 0 saturated heterocycles. The number of fused-ring (bicyclic) bond motifs is 5. The monoisotopic (exact) mass is 727 g/mol. The number of benzene rings is 9. The van der Waals surface area contributed by atoms with Crippen LogP contribution in [0.25, 0.3) is 111 Å². The molecule has 11 rings (SSSR count). The van der Waals surface area contributed by atoms with Crippen LogP contribution in [0, 0.1) is 0 Å². The maximum atomic E-state index is 6.59. The maximum Gasteiger partial charge on any atom is 0.164 e. The first-order chi connectivity index (χ1) is 28.2. The average molecular weight is 728 g/mol. The molecule has 0 fully saturated rings. The van der Waals surface area contributed by atoms with Crippen molar-refractivity contribution in [2.75, 3.05) is 0 Å². The summed E-state index contributed by atoms with van der Waals surface area (Å²) in [7, 11) is 0. The lowest BCUT2D eigenvalue weighted by atomic mass is 9.94. The lowest BCUT2D eigenvalue weighted by Gasteiger charge is -2.12. The maximum absolute atomic E-state index is 6.59. The molecule has 0 aliphatic carbocycles. The Labute approximate surface area is 329 Å². The van der Waals surface area contributed by atoms with Gasteiger partial charge in [0.05, 0.1) is 0 Å². The molecule has 0 aliphatic rings. The predicted octanol–water partition coefficient (Wildman–Crippen LogP) is 14.1. The van der Waals surface area contributed by atoms with Gasteiger partial charge in [0.1, 0.15) is 11.2 Å². The quantitative estimate of drug-likeness (QED) is 0.171. The number of rotatable bonds is 6. The zero-order valence-corrected chi connectivity index (χ0v) is 30.8. The third-order valence-electron chi connectivity index (χ3n) is 11.0. The zero-order valence-electron chi connectivity index (χ0n) is 30.8. The molecule has 0 aliphatic heterocycles. The van der Waals surface area contributed by atoms with Crippen molar-refractivity contribution < 1.29 is 4.42 Å². The highest BCUT2D eigenvalue weighted by molar-refractivity contribution is 6.13. The highest BCUT2D eigenvalue weighted by Crippen LogP contribution is 2.40. The van der Waals surface area contributed by atoms with E-state index >= 15 is 0 Å². The Bertz CT molecular complexity index is 3270. The molecule has 4 heteroatoms. The van der Waals surface area contributed by atoms with E-state index in [0.717, 1.165) is 60.5 Å². The van der Waals surface area contributed by atoms with Crippen molar-refractivity contribution in [3.8, 4) is 67.5 Å². The highest BCUT2D eigenvalue weighted by atomic mass is 16.3. The van der Waals surface area contributed by atoms with Gasteiger partial charge in [0, 0.05) is 27.5 Å². The molecular formula is C53H33N3O. The van der Waals surface area contributed by atoms with E-state index in [0.29, 0.717) is 17.5 Å². The van der Waals surface area contributed by atoms with Gasteiger partial charge in [-0.2, -0.15) is 0 Å². The molecule has 266 valence electrons. The van der Waals surface area contributed by atoms with Gasteiger partial charge >= 0.3 is 0 Å². The number of aromatic nitrogens is 3. The fourth-order valence-corrected chi connectivity index (χ4v) is 8.23. The largest absolute Gasteiger partial charge is 0.456 e. The van der Waals surface area contributed by atoms with Crippen molar-refractivity contribution in [3.05, 3.63) is 200 Å². The summed E-state index contributed by atoms with van der Waals surface area (Å²) >= 11 is 0. The summed E-state index contributed by atoms with van der Waals surface area (Å²) in [6.07, 6.45) is 0. The van der Waals surface area contributed by atoms with Crippen LogP contribution in [-0.4, -0.2) is 15.0 Å². The van der Waals surface area contributed by atoms with Crippen molar-refractivity contribution in [1.29, 1.82) is 0 Å². The molecule has 4 nitrogen and oxygen atoms in total. The van der Waals surface area contributed by atoms with Crippen LogP contribution in [0.3, 0.4) is 0 Å². The molecule has 0 saturated carbocycles. The van der Waals surface area contributed by atoms with Crippen molar-refractivity contribution >= 4 is 43.5 Å². The highest BCUT2D eigenvalue weighted by Gasteiger charge is 2.18. The van der Waals surface area contributed by atoms with E-state index in [1.165, 1.54) is 33.0 Å². The molecule has 0 N–H and O–H groups in total. The standard InChI is InChI=1S/C53H33N3O/c1-3-13-34(14-4-1)42-21-10-24-45-44(42)23-11-25-46(45)53-55-51(38-16-5-2-6-17-38)54-52(56-53)39-31-32-47-49(33-39)57-48-26-12-22-43(50(47)48)37-29-27-36(28-30-37)41-20-9-18-35-15-7-8-19-40(35)41/h1-33H. The van der Waals surface area contributed by atoms with Gasteiger partial charge in [-0.1, -0.05) is 182 Å². The molecule has 11 aromatic rings. The molecule has 0 radical (unpaired) electrons. The first-order valence-corrected chi connectivity index (χ1v) is 19.2. The summed E-state index contributed by atoms with van der Waals surface area (Å²) in [5.74, 6) is 1.82. The Morgan fingerprint density at radius 1 is 0.281 bits per heavy atom. The normalized spacial score (nSPS) is 11.5. The Hall–Kier alpha value is -7.69. The lowest BCUT2D eigenvalue weighted by Crippen LogP contribution is -2.00. The minimum absolute atomic E-state index is 0.585. The summed E-state index contributed by atoms with van der Waals surface area (Å²) in [6.45, 7) is 0. The van der Waals surface area contributed by atoms with Crippen LogP contribution in [0.4, 0.5) is 0 Å². The third-order valence-corrected chi connectivity index (χ3v) is 11.0. The van der Waals surface area contributed by atoms with E-state index in [9.17, 15) is 0 Å². The van der Waals surface area contributed by atoms with Crippen LogP contribution in [-0.2, 0) is 0 Å². The second-order valence-corrected chi connectivity index (χ2v) is 14.3. The Balaban J connectivity index is 1.02. The molecule has 0 spiro atoms. The summed E-state index contributed by atoms with van der Waals surface area (Å²) < 4.78 is 6.59. The predicted molar refractivity (Wildman–Crippen MR) is 235 cm³/mol. The van der Waals surface area contributed by atoms with E-state index in [2.05, 4.69) is 158 Å². The van der Waals surface area contributed by atoms with Gasteiger partial charge in [0.25, 0.3) is 0 Å². The second kappa shape index (κ2) is 13.6. The van der Waals surface area contributed by atoms with Crippen LogP contribution >= 0.6 is 0 Å². The first kappa shape index (κ1) is 32.7. The fourth-order valence-electron chi connectivity index (χ4n) is 8.23. The van der Waals surface area contributed by atoms with E-state index in [4.69, 9.17) is 19.4 Å². The van der Waals surface area contributed by atoms with Gasteiger partial charge in [-0.3, -0.25) is 0 Å². The van der Waals surface area contributed by atoms with Gasteiger partial charge in [-0.05, 0) is 73.1 Å². The average Bonchev–Trinajstić information content (AvgIpc) is 3.67. The van der Waals surface area contributed by atoms with Crippen LogP contribution in [0.1, 0.15) is 0 Å². The molecule has 0 atom stereocenters. The van der Waals surface area contributed by atoms with Crippen LogP contribution < -0.4 is 0 Å². The van der Waals surface area contributed by atoms with Crippen LogP contribution in [0.15, 0.2) is 205 Å². The molecule has 0 unspecified atom stereocenters. The third kappa shape index (κ3) is 5.74. The van der Waals surface area contributed by atoms with Crippen molar-refractivity contribution in [2.24, 2.45) is 0 Å². The van der Waals surface area contributed by atoms with Gasteiger partial charge in [0.2, 0.25) is 0 Å². The van der Waals surface area contributed by atoms with Gasteiger partial charge in [-0.15, -0.1) is 0 Å². The molecule has 2 heterocycles. The van der Waals surface area contributed by atoms with Crippen LogP contribution in [0.2, 0.25) is 0 Å². The van der Waals surface area contributed by atoms with E-state index in [1.807, 2.05) is 42.5 Å². The molecule has 0 bridgehead atoms. The number of nitrogens with zero attached hydrogens (tertiary/aromatic N) is 3. The van der Waals surface area contributed by atoms with E-state index in [-0.39, 0.29) is 0 Å². The minimum Gasteiger partial charge on any atom is -0.456 e. The second-order valence-electron chi connectivity index (χ2n) is 14.3. The summed E-state index contributed by atoms with van der Waals surface area (Å²) in [5, 5.41) is 6.85. The molecule has 2 aromatic heterocycles. The minimum atomic E-state index is 0.585. The van der Waals surface area contributed by atoms with Crippen molar-refractivity contribution in [1.82, 2.24) is 15.0 Å². The van der Waals surface area contributed by atoms with Gasteiger partial charge < -0.3 is 4.42 Å². The smallest absolute Gasteiger partial charge is 0.164 e. The van der Waals surface area contributed by atoms with Crippen molar-refractivity contribution in [3.63, 3.8) is 0 Å². The number of hydrogen-bond acceptors (Lipinski definition) is 4. The number of hydrogen-bond donors (Lipinski definition) is 0. The van der Waals surface area contributed by atoms with E-state index < -0.39 is 0 Å². The lowest BCUT2D eigenvalue weighted by molar-refractivity contribution is 0.669. The summed E-state index contributed by atoms with van der Waals surface area (Å²) in [5.41, 5.74) is 11.4. The van der Waals surface area contributed by atoms with E-state index in [1.54, 1.807) is 0 Å². The van der Waals surface area contributed by atoms with Gasteiger partial charge in [0.15, 0.2) is 17.5 Å². The Morgan fingerprint density at radius 2 is 0.772 bits per heavy atom. The van der Waals surface area contributed by atoms with Crippen molar-refractivity contribution in [2.45, 2.75) is 0 Å². The molecule has 9 aromatic carbocycles. The number of furan rings is 1. The Morgan fingerprint density at radius 3 is 1.54 bits per heavy atom.